The van der Waals surface area contributed by atoms with Gasteiger partial charge in [-0.2, -0.15) is 0 Å². The molecule has 1 aromatic heterocycles. The fraction of sp³-hybridized carbons (Fsp3) is 0.500. The largest absolute Gasteiger partial charge is 0.370 e. The predicted octanol–water partition coefficient (Wildman–Crippen LogP) is 4.88. The van der Waals surface area contributed by atoms with Crippen molar-refractivity contribution in [3.05, 3.63) is 47.7 Å². The Hall–Kier alpha value is -2.38. The van der Waals surface area contributed by atoms with Gasteiger partial charge in [0.1, 0.15) is 11.7 Å². The number of hydrogen-bond donors (Lipinski definition) is 2. The molecular weight excluding hydrogens is 428 g/mol. The molecule has 2 N–H and O–H groups in total. The van der Waals surface area contributed by atoms with Gasteiger partial charge >= 0.3 is 0 Å². The molecule has 1 fully saturated rings. The van der Waals surface area contributed by atoms with Gasteiger partial charge in [-0.3, -0.25) is 10.4 Å². The van der Waals surface area contributed by atoms with Crippen molar-refractivity contribution in [2.75, 3.05) is 45.6 Å². The maximum absolute atomic E-state index is 7.62. The maximum atomic E-state index is 7.62. The zero-order chi connectivity index (χ0) is 23.4. The highest BCUT2D eigenvalue weighted by molar-refractivity contribution is 8.13. The minimum atomic E-state index is 0.527. The first-order valence-electron chi connectivity index (χ1n) is 11.9. The number of pyridine rings is 1. The van der Waals surface area contributed by atoms with Crippen molar-refractivity contribution < 1.29 is 0 Å². The third kappa shape index (κ3) is 6.15. The number of hydrogen-bond acceptors (Lipinski definition) is 7. The van der Waals surface area contributed by atoms with Gasteiger partial charge in [-0.25, -0.2) is 4.98 Å². The van der Waals surface area contributed by atoms with Crippen LogP contribution in [0, 0.1) is 11.3 Å². The molecule has 0 amide bonds. The molecule has 1 atom stereocenters. The van der Waals surface area contributed by atoms with Crippen molar-refractivity contribution in [3.8, 4) is 0 Å². The van der Waals surface area contributed by atoms with Crippen molar-refractivity contribution >= 4 is 39.2 Å². The molecular formula is C26H36N6S. The summed E-state index contributed by atoms with van der Waals surface area (Å²) in [5.41, 5.74) is 2.76. The van der Waals surface area contributed by atoms with Gasteiger partial charge in [0.25, 0.3) is 0 Å². The molecule has 6 nitrogen and oxygen atoms in total. The van der Waals surface area contributed by atoms with Crippen LogP contribution in [0.5, 0.6) is 0 Å². The van der Waals surface area contributed by atoms with Gasteiger partial charge in [0, 0.05) is 49.6 Å². The Morgan fingerprint density at radius 2 is 2.06 bits per heavy atom. The van der Waals surface area contributed by atoms with Crippen LogP contribution in [0.1, 0.15) is 32.3 Å². The van der Waals surface area contributed by atoms with E-state index in [1.165, 1.54) is 22.4 Å². The molecule has 0 aliphatic carbocycles. The zero-order valence-electron chi connectivity index (χ0n) is 20.3. The van der Waals surface area contributed by atoms with Gasteiger partial charge in [-0.05, 0) is 62.9 Å². The molecule has 0 bridgehead atoms. The fourth-order valence-corrected chi connectivity index (χ4v) is 4.82. The van der Waals surface area contributed by atoms with E-state index in [-0.39, 0.29) is 0 Å². The Labute approximate surface area is 202 Å². The Bertz CT molecular complexity index is 1050. The number of nitrogens with zero attached hydrogens (tertiary/aromatic N) is 4. The number of likely N-dealkylation sites (tertiary alicyclic amines) is 1. The third-order valence-electron chi connectivity index (χ3n) is 6.58. The molecule has 0 radical (unpaired) electrons. The van der Waals surface area contributed by atoms with Crippen molar-refractivity contribution in [3.63, 3.8) is 0 Å². The van der Waals surface area contributed by atoms with Crippen molar-refractivity contribution in [2.45, 2.75) is 38.5 Å². The van der Waals surface area contributed by atoms with E-state index < -0.39 is 0 Å². The van der Waals surface area contributed by atoms with Crippen LogP contribution >= 0.6 is 11.8 Å². The van der Waals surface area contributed by atoms with Crippen LogP contribution in [0.2, 0.25) is 0 Å². The van der Waals surface area contributed by atoms with Crippen LogP contribution in [-0.2, 0) is 5.75 Å². The molecule has 1 unspecified atom stereocenters. The van der Waals surface area contributed by atoms with E-state index in [0.29, 0.717) is 17.0 Å². The second-order valence-electron chi connectivity index (χ2n) is 9.47. The average Bonchev–Trinajstić information content (AvgIpc) is 2.75. The van der Waals surface area contributed by atoms with Crippen LogP contribution in [0.4, 0.5) is 5.82 Å². The van der Waals surface area contributed by atoms with Gasteiger partial charge in [-0.1, -0.05) is 30.7 Å². The Morgan fingerprint density at radius 1 is 1.24 bits per heavy atom. The Kier molecular flexibility index (Phi) is 7.71. The first kappa shape index (κ1) is 23.8. The summed E-state index contributed by atoms with van der Waals surface area (Å²) in [5, 5.41) is 14.1. The minimum Gasteiger partial charge on any atom is -0.370 e. The van der Waals surface area contributed by atoms with Gasteiger partial charge in [0.2, 0.25) is 0 Å². The molecule has 3 heterocycles. The van der Waals surface area contributed by atoms with E-state index in [9.17, 15) is 0 Å². The van der Waals surface area contributed by atoms with Crippen LogP contribution in [0.3, 0.4) is 0 Å². The van der Waals surface area contributed by atoms with E-state index in [2.05, 4.69) is 71.5 Å². The molecule has 7 heteroatoms. The molecule has 2 aliphatic heterocycles. The Balaban J connectivity index is 1.29. The standard InChI is InChI=1S/C26H36N6S/c1-18-13-30-26(32-15-24(16-32)31(3)4)12-21(18)6-5-9-28-25-11-23-10-20(17-33-19(2)27)7-8-22(23)14-29-25/h7-8,10-12,14,18,24,27H,5-6,9,13,15-17H2,1-4H3,(H,28,29). The summed E-state index contributed by atoms with van der Waals surface area (Å²) in [4.78, 5) is 14.1. The first-order chi connectivity index (χ1) is 15.9. The van der Waals surface area contributed by atoms with Crippen LogP contribution < -0.4 is 5.32 Å². The summed E-state index contributed by atoms with van der Waals surface area (Å²) in [5.74, 6) is 3.47. The summed E-state index contributed by atoms with van der Waals surface area (Å²) in [6, 6.07) is 9.25. The number of dihydropyridines is 1. The number of benzene rings is 1. The molecule has 176 valence electrons. The van der Waals surface area contributed by atoms with E-state index in [1.807, 2.05) is 13.1 Å². The molecule has 1 aromatic carbocycles. The lowest BCUT2D eigenvalue weighted by Gasteiger charge is -2.44. The lowest BCUT2D eigenvalue weighted by molar-refractivity contribution is 0.124. The van der Waals surface area contributed by atoms with E-state index in [4.69, 9.17) is 10.4 Å². The average molecular weight is 465 g/mol. The monoisotopic (exact) mass is 464 g/mol. The van der Waals surface area contributed by atoms with Crippen LogP contribution in [0.15, 0.2) is 47.1 Å². The smallest absolute Gasteiger partial charge is 0.126 e. The Morgan fingerprint density at radius 3 is 2.82 bits per heavy atom. The van der Waals surface area contributed by atoms with Gasteiger partial charge in [0.15, 0.2) is 0 Å². The molecule has 0 spiro atoms. The van der Waals surface area contributed by atoms with E-state index >= 15 is 0 Å². The SMILES string of the molecule is CC(=N)SCc1ccc2cnc(NCCCC3=CC(N4CC(N(C)C)C4)=NCC3C)cc2c1. The van der Waals surface area contributed by atoms with Crippen LogP contribution in [0.25, 0.3) is 10.8 Å². The molecule has 4 rings (SSSR count). The summed E-state index contributed by atoms with van der Waals surface area (Å²) in [6.45, 7) is 8.10. The maximum Gasteiger partial charge on any atom is 0.126 e. The van der Waals surface area contributed by atoms with Gasteiger partial charge in [-0.15, -0.1) is 11.8 Å². The fourth-order valence-electron chi connectivity index (χ4n) is 4.26. The number of fused-ring (bicyclic) bond motifs is 1. The number of aromatic nitrogens is 1. The highest BCUT2D eigenvalue weighted by Crippen LogP contribution is 2.25. The molecule has 1 saturated heterocycles. The van der Waals surface area contributed by atoms with E-state index in [1.54, 1.807) is 11.8 Å². The minimum absolute atomic E-state index is 0.527. The number of anilines is 1. The number of likely N-dealkylation sites (N-methyl/N-ethyl adjacent to an activating group) is 1. The number of amidine groups is 1. The second kappa shape index (κ2) is 10.7. The number of aliphatic imine (C=N–C) groups is 1. The highest BCUT2D eigenvalue weighted by atomic mass is 32.2. The topological polar surface area (TPSA) is 67.6 Å². The lowest BCUT2D eigenvalue weighted by atomic mass is 9.93. The first-order valence-corrected chi connectivity index (χ1v) is 12.8. The van der Waals surface area contributed by atoms with Gasteiger partial charge in [0.05, 0.1) is 5.04 Å². The highest BCUT2D eigenvalue weighted by Gasteiger charge is 2.31. The summed E-state index contributed by atoms with van der Waals surface area (Å²) in [6.07, 6.45) is 6.46. The van der Waals surface area contributed by atoms with E-state index in [0.717, 1.165) is 56.0 Å². The number of nitrogens with one attached hydrogen (secondary N) is 2. The second-order valence-corrected chi connectivity index (χ2v) is 10.7. The summed E-state index contributed by atoms with van der Waals surface area (Å²) in [7, 11) is 4.31. The lowest BCUT2D eigenvalue weighted by Crippen LogP contribution is -2.59. The molecule has 0 saturated carbocycles. The summed E-state index contributed by atoms with van der Waals surface area (Å²) < 4.78 is 0. The summed E-state index contributed by atoms with van der Waals surface area (Å²) >= 11 is 1.57. The molecule has 33 heavy (non-hydrogen) atoms. The number of rotatable bonds is 8. The quantitative estimate of drug-likeness (QED) is 0.331. The predicted molar refractivity (Wildman–Crippen MR) is 143 cm³/mol. The third-order valence-corrected chi connectivity index (χ3v) is 7.49. The van der Waals surface area contributed by atoms with Crippen molar-refractivity contribution in [2.24, 2.45) is 10.9 Å². The van der Waals surface area contributed by atoms with Crippen molar-refractivity contribution in [1.82, 2.24) is 14.8 Å². The zero-order valence-corrected chi connectivity index (χ0v) is 21.1. The van der Waals surface area contributed by atoms with Crippen molar-refractivity contribution in [1.29, 1.82) is 5.41 Å². The molecule has 2 aliphatic rings. The van der Waals surface area contributed by atoms with Crippen LogP contribution in [-0.4, -0.2) is 72.0 Å². The molecule has 2 aromatic rings. The normalized spacial score (nSPS) is 18.8. The number of thioether (sulfide) groups is 1. The van der Waals surface area contributed by atoms with Gasteiger partial charge < -0.3 is 15.1 Å².